The van der Waals surface area contributed by atoms with Gasteiger partial charge in [0.15, 0.2) is 0 Å². The Bertz CT molecular complexity index is 278. The second-order valence-corrected chi connectivity index (χ2v) is 3.60. The van der Waals surface area contributed by atoms with E-state index < -0.39 is 17.4 Å². The molecule has 2 aliphatic rings. The third-order valence-corrected chi connectivity index (χ3v) is 2.67. The number of hydrogen-bond acceptors (Lipinski definition) is 4. The molecule has 0 spiro atoms. The number of fused-ring (bicyclic) bond motifs is 1. The summed E-state index contributed by atoms with van der Waals surface area (Å²) >= 11 is 0. The quantitative estimate of drug-likeness (QED) is 0.468. The maximum atomic E-state index is 11.1. The maximum Gasteiger partial charge on any atom is 0.323 e. The van der Waals surface area contributed by atoms with Crippen molar-refractivity contribution >= 4 is 11.9 Å². The molecule has 0 aromatic heterocycles. The largest absolute Gasteiger partial charge is 0.480 e. The van der Waals surface area contributed by atoms with E-state index in [1.54, 1.807) is 0 Å². The molecular weight excluding hydrogens is 176 g/mol. The van der Waals surface area contributed by atoms with Gasteiger partial charge in [0.2, 0.25) is 5.91 Å². The molecule has 0 unspecified atom stereocenters. The highest BCUT2D eigenvalue weighted by molar-refractivity contribution is 5.85. The van der Waals surface area contributed by atoms with E-state index >= 15 is 0 Å². The number of carbonyl (C=O) groups excluding carboxylic acids is 1. The van der Waals surface area contributed by atoms with Gasteiger partial charge in [-0.3, -0.25) is 14.4 Å². The first-order chi connectivity index (χ1) is 6.03. The van der Waals surface area contributed by atoms with Crippen LogP contribution in [0.15, 0.2) is 0 Å². The fourth-order valence-corrected chi connectivity index (χ4v) is 1.88. The molecule has 1 amide bonds. The van der Waals surface area contributed by atoms with E-state index in [1.165, 1.54) is 0 Å². The predicted octanol–water partition coefficient (Wildman–Crippen LogP) is -1.39. The fraction of sp³-hybridized carbons (Fsp3) is 0.714. The number of amides is 1. The molecule has 6 heteroatoms. The third-order valence-electron chi connectivity index (χ3n) is 2.67. The van der Waals surface area contributed by atoms with E-state index in [4.69, 9.17) is 15.7 Å². The molecule has 1 aliphatic carbocycles. The maximum absolute atomic E-state index is 11.1. The van der Waals surface area contributed by atoms with Gasteiger partial charge >= 0.3 is 5.97 Å². The van der Waals surface area contributed by atoms with E-state index in [2.05, 4.69) is 5.48 Å². The number of aliphatic carboxylic acids is 1. The Kier molecular flexibility index (Phi) is 1.58. The number of nitrogens with one attached hydrogen (secondary N) is 1. The molecular formula is C7H10N2O4. The van der Waals surface area contributed by atoms with Gasteiger partial charge in [-0.2, -0.15) is 0 Å². The molecule has 1 saturated carbocycles. The zero-order valence-electron chi connectivity index (χ0n) is 6.82. The molecule has 72 valence electrons. The van der Waals surface area contributed by atoms with Crippen LogP contribution in [0.2, 0.25) is 0 Å². The minimum Gasteiger partial charge on any atom is -0.480 e. The summed E-state index contributed by atoms with van der Waals surface area (Å²) in [6.45, 7) is 0. The lowest BCUT2D eigenvalue weighted by atomic mass is 9.97. The lowest BCUT2D eigenvalue weighted by Gasteiger charge is -2.18. The average molecular weight is 186 g/mol. The highest BCUT2D eigenvalue weighted by Gasteiger charge is 2.54. The van der Waals surface area contributed by atoms with Crippen LogP contribution in [-0.2, 0) is 14.4 Å². The van der Waals surface area contributed by atoms with E-state index in [9.17, 15) is 9.59 Å². The van der Waals surface area contributed by atoms with Gasteiger partial charge < -0.3 is 10.8 Å². The Morgan fingerprint density at radius 2 is 2.38 bits per heavy atom. The summed E-state index contributed by atoms with van der Waals surface area (Å²) in [4.78, 5) is 26.7. The Morgan fingerprint density at radius 1 is 1.69 bits per heavy atom. The number of carboxylic acid groups (broad SMARTS) is 1. The van der Waals surface area contributed by atoms with Gasteiger partial charge in [0.05, 0.1) is 12.0 Å². The van der Waals surface area contributed by atoms with Gasteiger partial charge in [0.1, 0.15) is 5.54 Å². The summed E-state index contributed by atoms with van der Waals surface area (Å²) < 4.78 is 0. The monoisotopic (exact) mass is 186 g/mol. The van der Waals surface area contributed by atoms with Gasteiger partial charge in [-0.15, -0.1) is 0 Å². The first kappa shape index (κ1) is 8.46. The molecule has 1 heterocycles. The standard InChI is InChI=1S/C7H10N2O4/c8-7(6(11)12)1-3-4(2-7)13-9-5(3)10/h3-4H,1-2,8H2,(H,9,10)(H,11,12)/t3-,4+,7+/m0/s1. The van der Waals surface area contributed by atoms with Crippen molar-refractivity contribution in [3.63, 3.8) is 0 Å². The van der Waals surface area contributed by atoms with Crippen molar-refractivity contribution in [3.8, 4) is 0 Å². The van der Waals surface area contributed by atoms with Crippen LogP contribution in [0.1, 0.15) is 12.8 Å². The second-order valence-electron chi connectivity index (χ2n) is 3.60. The predicted molar refractivity (Wildman–Crippen MR) is 40.3 cm³/mol. The Balaban J connectivity index is 2.18. The van der Waals surface area contributed by atoms with Crippen molar-refractivity contribution in [2.24, 2.45) is 11.7 Å². The van der Waals surface area contributed by atoms with E-state index in [-0.39, 0.29) is 24.9 Å². The van der Waals surface area contributed by atoms with Crippen LogP contribution in [0.25, 0.3) is 0 Å². The van der Waals surface area contributed by atoms with Gasteiger partial charge in [0, 0.05) is 6.42 Å². The van der Waals surface area contributed by atoms with Crippen LogP contribution in [0.4, 0.5) is 0 Å². The molecule has 13 heavy (non-hydrogen) atoms. The zero-order chi connectivity index (χ0) is 9.64. The summed E-state index contributed by atoms with van der Waals surface area (Å²) in [6, 6.07) is 0. The molecule has 0 aromatic rings. The highest BCUT2D eigenvalue weighted by Crippen LogP contribution is 2.37. The van der Waals surface area contributed by atoms with Crippen LogP contribution in [-0.4, -0.2) is 28.6 Å². The van der Waals surface area contributed by atoms with Crippen molar-refractivity contribution in [1.29, 1.82) is 0 Å². The number of nitrogens with two attached hydrogens (primary N) is 1. The zero-order valence-corrected chi connectivity index (χ0v) is 6.82. The smallest absolute Gasteiger partial charge is 0.323 e. The normalized spacial score (nSPS) is 43.0. The second kappa shape index (κ2) is 2.43. The molecule has 2 fully saturated rings. The van der Waals surface area contributed by atoms with Gasteiger partial charge in [-0.05, 0) is 6.42 Å². The van der Waals surface area contributed by atoms with Crippen molar-refractivity contribution in [1.82, 2.24) is 5.48 Å². The van der Waals surface area contributed by atoms with Crippen molar-refractivity contribution in [3.05, 3.63) is 0 Å². The molecule has 4 N–H and O–H groups in total. The van der Waals surface area contributed by atoms with Gasteiger partial charge in [-0.1, -0.05) is 0 Å². The highest BCUT2D eigenvalue weighted by atomic mass is 16.7. The Morgan fingerprint density at radius 3 is 2.92 bits per heavy atom. The van der Waals surface area contributed by atoms with Crippen LogP contribution in [0.5, 0.6) is 0 Å². The minimum atomic E-state index is -1.30. The molecule has 1 saturated heterocycles. The van der Waals surface area contributed by atoms with E-state index in [0.29, 0.717) is 0 Å². The number of carbonyl (C=O) groups is 2. The Labute approximate surface area is 74.0 Å². The topological polar surface area (TPSA) is 102 Å². The summed E-state index contributed by atoms with van der Waals surface area (Å²) in [5, 5.41) is 8.80. The Hall–Kier alpha value is -1.14. The van der Waals surface area contributed by atoms with Crippen LogP contribution in [0, 0.1) is 5.92 Å². The van der Waals surface area contributed by atoms with Gasteiger partial charge in [-0.25, -0.2) is 5.48 Å². The third kappa shape index (κ3) is 1.10. The van der Waals surface area contributed by atoms with Crippen molar-refractivity contribution < 1.29 is 19.5 Å². The molecule has 0 aromatic carbocycles. The van der Waals surface area contributed by atoms with E-state index in [0.717, 1.165) is 0 Å². The van der Waals surface area contributed by atoms with E-state index in [1.807, 2.05) is 0 Å². The summed E-state index contributed by atoms with van der Waals surface area (Å²) in [5.74, 6) is -1.74. The molecule has 0 radical (unpaired) electrons. The van der Waals surface area contributed by atoms with Crippen LogP contribution in [0.3, 0.4) is 0 Å². The van der Waals surface area contributed by atoms with Gasteiger partial charge in [0.25, 0.3) is 0 Å². The molecule has 6 nitrogen and oxygen atoms in total. The molecule has 2 rings (SSSR count). The SMILES string of the molecule is N[C@]1(C(=O)O)C[C@@H]2C(=O)NO[C@@H]2C1. The average Bonchev–Trinajstić information content (AvgIpc) is 2.52. The first-order valence-corrected chi connectivity index (χ1v) is 4.01. The van der Waals surface area contributed by atoms with Crippen LogP contribution < -0.4 is 11.2 Å². The molecule has 3 atom stereocenters. The minimum absolute atomic E-state index is 0.152. The lowest BCUT2D eigenvalue weighted by Crippen LogP contribution is -2.47. The summed E-state index contributed by atoms with van der Waals surface area (Å²) in [6.07, 6.45) is -0.0431. The fourth-order valence-electron chi connectivity index (χ4n) is 1.88. The first-order valence-electron chi connectivity index (χ1n) is 4.01. The number of rotatable bonds is 1. The lowest BCUT2D eigenvalue weighted by molar-refractivity contribution is -0.144. The number of hydrogen-bond donors (Lipinski definition) is 3. The summed E-state index contributed by atoms with van der Waals surface area (Å²) in [5.41, 5.74) is 6.51. The van der Waals surface area contributed by atoms with Crippen LogP contribution >= 0.6 is 0 Å². The number of hydroxylamine groups is 1. The number of carboxylic acids is 1. The van der Waals surface area contributed by atoms with Crippen molar-refractivity contribution in [2.45, 2.75) is 24.5 Å². The van der Waals surface area contributed by atoms with Crippen molar-refractivity contribution in [2.75, 3.05) is 0 Å². The molecule has 0 bridgehead atoms. The summed E-state index contributed by atoms with van der Waals surface area (Å²) in [7, 11) is 0. The molecule has 1 aliphatic heterocycles.